The average molecular weight is 304 g/mol. The van der Waals surface area contributed by atoms with Crippen molar-refractivity contribution in [3.63, 3.8) is 0 Å². The van der Waals surface area contributed by atoms with Crippen molar-refractivity contribution in [3.05, 3.63) is 28.0 Å². The summed E-state index contributed by atoms with van der Waals surface area (Å²) in [7, 11) is 3.28. The molecule has 0 aromatic carbocycles. The van der Waals surface area contributed by atoms with Crippen LogP contribution in [0.5, 0.6) is 0 Å². The molecule has 0 unspecified atom stereocenters. The van der Waals surface area contributed by atoms with Crippen molar-refractivity contribution >= 4 is 35.0 Å². The molecular formula is C12H15Cl2N3O2. The van der Waals surface area contributed by atoms with Crippen LogP contribution < -0.4 is 0 Å². The molecule has 0 aliphatic rings. The zero-order valence-corrected chi connectivity index (χ0v) is 12.5. The van der Waals surface area contributed by atoms with E-state index in [0.717, 1.165) is 0 Å². The van der Waals surface area contributed by atoms with Crippen molar-refractivity contribution in [1.29, 1.82) is 0 Å². The summed E-state index contributed by atoms with van der Waals surface area (Å²) in [5, 5.41) is 0.289. The first-order chi connectivity index (χ1) is 8.85. The van der Waals surface area contributed by atoms with Crippen LogP contribution in [-0.2, 0) is 4.79 Å². The van der Waals surface area contributed by atoms with E-state index in [0.29, 0.717) is 12.1 Å². The molecule has 19 heavy (non-hydrogen) atoms. The minimum absolute atomic E-state index is 0.0138. The predicted octanol–water partition coefficient (Wildman–Crippen LogP) is 1.94. The third-order valence-electron chi connectivity index (χ3n) is 2.50. The van der Waals surface area contributed by atoms with Gasteiger partial charge >= 0.3 is 0 Å². The number of rotatable bonds is 4. The number of carbonyl (C=O) groups is 2. The summed E-state index contributed by atoms with van der Waals surface area (Å²) < 4.78 is 0. The first-order valence-corrected chi connectivity index (χ1v) is 6.43. The minimum Gasteiger partial charge on any atom is -0.347 e. The number of likely N-dealkylation sites (N-methyl/N-ethyl adjacent to an activating group) is 2. The van der Waals surface area contributed by atoms with Gasteiger partial charge in [0.15, 0.2) is 0 Å². The molecule has 0 fully saturated rings. The molecule has 0 atom stereocenters. The van der Waals surface area contributed by atoms with Gasteiger partial charge in [0.2, 0.25) is 5.91 Å². The number of pyridine rings is 1. The topological polar surface area (TPSA) is 53.5 Å². The van der Waals surface area contributed by atoms with E-state index in [1.54, 1.807) is 21.0 Å². The largest absolute Gasteiger partial charge is 0.347 e. The Morgan fingerprint density at radius 1 is 1.21 bits per heavy atom. The van der Waals surface area contributed by atoms with E-state index < -0.39 is 0 Å². The third-order valence-corrected chi connectivity index (χ3v) is 2.89. The van der Waals surface area contributed by atoms with Crippen molar-refractivity contribution in [1.82, 2.24) is 14.8 Å². The van der Waals surface area contributed by atoms with E-state index >= 15 is 0 Å². The maximum atomic E-state index is 12.2. The van der Waals surface area contributed by atoms with E-state index in [4.69, 9.17) is 23.2 Å². The monoisotopic (exact) mass is 303 g/mol. The molecular weight excluding hydrogens is 289 g/mol. The second-order valence-electron chi connectivity index (χ2n) is 4.11. The van der Waals surface area contributed by atoms with Gasteiger partial charge in [0.05, 0.1) is 6.54 Å². The quantitative estimate of drug-likeness (QED) is 0.799. The van der Waals surface area contributed by atoms with Gasteiger partial charge in [-0.3, -0.25) is 9.59 Å². The number of hydrogen-bond donors (Lipinski definition) is 0. The fraction of sp³-hybridized carbons (Fsp3) is 0.417. The predicted molar refractivity (Wildman–Crippen MR) is 74.5 cm³/mol. The number of hydrogen-bond acceptors (Lipinski definition) is 3. The lowest BCUT2D eigenvalue weighted by Gasteiger charge is -2.22. The van der Waals surface area contributed by atoms with Crippen LogP contribution in [-0.4, -0.2) is 53.8 Å². The highest BCUT2D eigenvalue weighted by Gasteiger charge is 2.19. The Balaban J connectivity index is 2.92. The van der Waals surface area contributed by atoms with Crippen molar-refractivity contribution < 1.29 is 9.59 Å². The molecule has 1 aromatic rings. The van der Waals surface area contributed by atoms with Gasteiger partial charge in [0, 0.05) is 26.2 Å². The summed E-state index contributed by atoms with van der Waals surface area (Å²) in [6, 6.07) is 2.86. The summed E-state index contributed by atoms with van der Waals surface area (Å²) in [5.74, 6) is -0.453. The molecule has 0 bridgehead atoms. The number of halogens is 2. The first-order valence-electron chi connectivity index (χ1n) is 5.67. The van der Waals surface area contributed by atoms with Gasteiger partial charge in [-0.1, -0.05) is 23.2 Å². The van der Waals surface area contributed by atoms with Crippen LogP contribution in [0.1, 0.15) is 17.3 Å². The molecule has 0 saturated heterocycles. The Bertz CT molecular complexity index is 472. The molecule has 5 nitrogen and oxygen atoms in total. The standard InChI is InChI=1S/C12H15Cl2N3O2/c1-4-17(7-11(18)16(2)3)12(19)8-5-9(13)15-10(14)6-8/h5-6H,4,7H2,1-3H3. The molecule has 7 heteroatoms. The normalized spacial score (nSPS) is 10.2. The fourth-order valence-electron chi connectivity index (χ4n) is 1.40. The molecule has 1 heterocycles. The molecule has 0 spiro atoms. The lowest BCUT2D eigenvalue weighted by Crippen LogP contribution is -2.40. The van der Waals surface area contributed by atoms with E-state index in [-0.39, 0.29) is 28.7 Å². The highest BCUT2D eigenvalue weighted by Crippen LogP contribution is 2.16. The van der Waals surface area contributed by atoms with Crippen LogP contribution >= 0.6 is 23.2 Å². The average Bonchev–Trinajstić information content (AvgIpc) is 2.33. The SMILES string of the molecule is CCN(CC(=O)N(C)C)C(=O)c1cc(Cl)nc(Cl)c1. The molecule has 0 radical (unpaired) electrons. The Hall–Kier alpha value is -1.33. The van der Waals surface area contributed by atoms with Crippen LogP contribution in [0.2, 0.25) is 10.3 Å². The second-order valence-corrected chi connectivity index (χ2v) is 4.88. The van der Waals surface area contributed by atoms with Crippen LogP contribution in [0.15, 0.2) is 12.1 Å². The number of carbonyl (C=O) groups excluding carboxylic acids is 2. The number of amides is 2. The number of aromatic nitrogens is 1. The van der Waals surface area contributed by atoms with Gasteiger partial charge in [0.25, 0.3) is 5.91 Å². The van der Waals surface area contributed by atoms with Gasteiger partial charge in [0.1, 0.15) is 10.3 Å². The first kappa shape index (κ1) is 15.7. The van der Waals surface area contributed by atoms with E-state index in [2.05, 4.69) is 4.98 Å². The van der Waals surface area contributed by atoms with E-state index in [1.807, 2.05) is 0 Å². The Labute approximate surface area is 122 Å². The van der Waals surface area contributed by atoms with Gasteiger partial charge in [-0.05, 0) is 19.1 Å². The molecule has 0 aliphatic carbocycles. The zero-order valence-electron chi connectivity index (χ0n) is 11.0. The molecule has 0 N–H and O–H groups in total. The molecule has 0 saturated carbocycles. The van der Waals surface area contributed by atoms with Crippen LogP contribution in [0.3, 0.4) is 0 Å². The molecule has 1 rings (SSSR count). The third kappa shape index (κ3) is 4.36. The summed E-state index contributed by atoms with van der Waals surface area (Å²) in [5.41, 5.74) is 0.318. The smallest absolute Gasteiger partial charge is 0.254 e. The van der Waals surface area contributed by atoms with Crippen molar-refractivity contribution in [2.45, 2.75) is 6.92 Å². The molecule has 0 aliphatic heterocycles. The maximum Gasteiger partial charge on any atom is 0.254 e. The Morgan fingerprint density at radius 2 is 1.74 bits per heavy atom. The highest BCUT2D eigenvalue weighted by atomic mass is 35.5. The minimum atomic E-state index is -0.302. The lowest BCUT2D eigenvalue weighted by atomic mass is 10.2. The van der Waals surface area contributed by atoms with Gasteiger partial charge in [-0.15, -0.1) is 0 Å². The van der Waals surface area contributed by atoms with Gasteiger partial charge < -0.3 is 9.80 Å². The van der Waals surface area contributed by atoms with Crippen LogP contribution in [0, 0.1) is 0 Å². The maximum absolute atomic E-state index is 12.2. The molecule has 104 valence electrons. The van der Waals surface area contributed by atoms with Crippen molar-refractivity contribution in [2.75, 3.05) is 27.2 Å². The zero-order chi connectivity index (χ0) is 14.6. The lowest BCUT2D eigenvalue weighted by molar-refractivity contribution is -0.129. The van der Waals surface area contributed by atoms with Crippen molar-refractivity contribution in [3.8, 4) is 0 Å². The van der Waals surface area contributed by atoms with Crippen molar-refractivity contribution in [2.24, 2.45) is 0 Å². The highest BCUT2D eigenvalue weighted by molar-refractivity contribution is 6.33. The summed E-state index contributed by atoms with van der Waals surface area (Å²) in [4.78, 5) is 30.5. The molecule has 2 amide bonds. The van der Waals surface area contributed by atoms with E-state index in [9.17, 15) is 9.59 Å². The van der Waals surface area contributed by atoms with Crippen LogP contribution in [0.25, 0.3) is 0 Å². The number of nitrogens with zero attached hydrogens (tertiary/aromatic N) is 3. The van der Waals surface area contributed by atoms with Gasteiger partial charge in [-0.25, -0.2) is 4.98 Å². The second kappa shape index (κ2) is 6.73. The fourth-order valence-corrected chi connectivity index (χ4v) is 1.86. The Kier molecular flexibility index (Phi) is 5.57. The van der Waals surface area contributed by atoms with Crippen LogP contribution in [0.4, 0.5) is 0 Å². The summed E-state index contributed by atoms with van der Waals surface area (Å²) in [6.07, 6.45) is 0. The molecule has 1 aromatic heterocycles. The summed E-state index contributed by atoms with van der Waals surface area (Å²) >= 11 is 11.5. The summed E-state index contributed by atoms with van der Waals surface area (Å²) in [6.45, 7) is 2.22. The van der Waals surface area contributed by atoms with Gasteiger partial charge in [-0.2, -0.15) is 0 Å². The Morgan fingerprint density at radius 3 is 2.16 bits per heavy atom. The van der Waals surface area contributed by atoms with E-state index in [1.165, 1.54) is 21.9 Å².